The molecule has 0 bridgehead atoms. The number of halogens is 1. The lowest BCUT2D eigenvalue weighted by Gasteiger charge is -2.12. The number of rotatable bonds is 10. The largest absolute Gasteiger partial charge is 0.370 e. The standard InChI is InChI=1S/C21H31N5O2S.HI/c1-4-22-21(25-14-8-7-13-24-20-9-5-6-12-23-20)26-16-18-10-11-19(17(2)15-18)29(3,27)28;/h5-6,9-12,15H,4,7-8,13-14,16H2,1-3H3,(H,23,24)(H2,22,25,26);1H. The van der Waals surface area contributed by atoms with Gasteiger partial charge in [-0.3, -0.25) is 0 Å². The highest BCUT2D eigenvalue weighted by atomic mass is 127. The monoisotopic (exact) mass is 545 g/mol. The van der Waals surface area contributed by atoms with Crippen LogP contribution >= 0.6 is 24.0 Å². The van der Waals surface area contributed by atoms with Crippen molar-refractivity contribution in [2.45, 2.75) is 38.1 Å². The highest BCUT2D eigenvalue weighted by Gasteiger charge is 2.10. The minimum absolute atomic E-state index is 0. The van der Waals surface area contributed by atoms with Gasteiger partial charge in [-0.2, -0.15) is 0 Å². The van der Waals surface area contributed by atoms with Crippen molar-refractivity contribution in [3.63, 3.8) is 0 Å². The fourth-order valence-electron chi connectivity index (χ4n) is 2.88. The molecule has 2 rings (SSSR count). The molecular weight excluding hydrogens is 513 g/mol. The van der Waals surface area contributed by atoms with Gasteiger partial charge in [-0.05, 0) is 56.0 Å². The number of aromatic nitrogens is 1. The van der Waals surface area contributed by atoms with Crippen molar-refractivity contribution in [3.8, 4) is 0 Å². The van der Waals surface area contributed by atoms with Gasteiger partial charge in [-0.1, -0.05) is 18.2 Å². The first kappa shape index (κ1) is 26.2. The summed E-state index contributed by atoms with van der Waals surface area (Å²) in [5.74, 6) is 1.66. The Bertz CT molecular complexity index is 905. The van der Waals surface area contributed by atoms with Crippen LogP contribution in [0.25, 0.3) is 0 Å². The maximum atomic E-state index is 11.7. The number of sulfone groups is 1. The van der Waals surface area contributed by atoms with Crippen LogP contribution in [-0.4, -0.2) is 45.3 Å². The van der Waals surface area contributed by atoms with Gasteiger partial charge in [0.25, 0.3) is 0 Å². The minimum Gasteiger partial charge on any atom is -0.370 e. The molecule has 0 radical (unpaired) electrons. The number of anilines is 1. The molecule has 0 fully saturated rings. The molecule has 0 amide bonds. The lowest BCUT2D eigenvalue weighted by molar-refractivity contribution is 0.601. The first-order valence-electron chi connectivity index (χ1n) is 9.87. The summed E-state index contributed by atoms with van der Waals surface area (Å²) in [6, 6.07) is 11.2. The Kier molecular flexibility index (Phi) is 11.7. The Morgan fingerprint density at radius 3 is 2.50 bits per heavy atom. The number of hydrogen-bond donors (Lipinski definition) is 3. The normalized spacial score (nSPS) is 11.5. The summed E-state index contributed by atoms with van der Waals surface area (Å²) in [6.07, 6.45) is 5.03. The third-order valence-corrected chi connectivity index (χ3v) is 5.53. The Hall–Kier alpha value is -1.88. The first-order valence-corrected chi connectivity index (χ1v) is 11.8. The molecule has 0 atom stereocenters. The van der Waals surface area contributed by atoms with Crippen LogP contribution < -0.4 is 16.0 Å². The molecule has 0 unspecified atom stereocenters. The maximum Gasteiger partial charge on any atom is 0.191 e. The Morgan fingerprint density at radius 2 is 1.87 bits per heavy atom. The molecule has 30 heavy (non-hydrogen) atoms. The summed E-state index contributed by atoms with van der Waals surface area (Å²) in [7, 11) is -3.20. The number of pyridine rings is 1. The SMILES string of the molecule is CCNC(=NCc1ccc(S(C)(=O)=O)c(C)c1)NCCCCNc1ccccn1.I. The molecule has 7 nitrogen and oxygen atoms in total. The van der Waals surface area contributed by atoms with Gasteiger partial charge in [-0.25, -0.2) is 18.4 Å². The number of nitrogens with zero attached hydrogens (tertiary/aromatic N) is 2. The van der Waals surface area contributed by atoms with Crippen LogP contribution in [0.1, 0.15) is 30.9 Å². The average Bonchev–Trinajstić information content (AvgIpc) is 2.68. The van der Waals surface area contributed by atoms with E-state index in [1.807, 2.05) is 44.2 Å². The van der Waals surface area contributed by atoms with Crippen LogP contribution in [-0.2, 0) is 16.4 Å². The predicted molar refractivity (Wildman–Crippen MR) is 134 cm³/mol. The van der Waals surface area contributed by atoms with Crippen LogP contribution in [0.4, 0.5) is 5.82 Å². The van der Waals surface area contributed by atoms with Gasteiger partial charge in [0.1, 0.15) is 5.82 Å². The molecule has 1 heterocycles. The zero-order valence-corrected chi connectivity index (χ0v) is 21.0. The number of guanidine groups is 1. The van der Waals surface area contributed by atoms with E-state index in [0.717, 1.165) is 55.4 Å². The van der Waals surface area contributed by atoms with E-state index in [4.69, 9.17) is 0 Å². The second-order valence-corrected chi connectivity index (χ2v) is 8.83. The van der Waals surface area contributed by atoms with Gasteiger partial charge in [0, 0.05) is 32.1 Å². The molecule has 166 valence electrons. The number of unbranched alkanes of at least 4 members (excludes halogenated alkanes) is 1. The average molecular weight is 545 g/mol. The second kappa shape index (κ2) is 13.4. The lowest BCUT2D eigenvalue weighted by Crippen LogP contribution is -2.37. The zero-order valence-electron chi connectivity index (χ0n) is 17.8. The number of aliphatic imine (C=N–C) groups is 1. The highest BCUT2D eigenvalue weighted by Crippen LogP contribution is 2.17. The Morgan fingerprint density at radius 1 is 1.10 bits per heavy atom. The molecule has 3 N–H and O–H groups in total. The topological polar surface area (TPSA) is 95.5 Å². The minimum atomic E-state index is -3.20. The van der Waals surface area contributed by atoms with E-state index in [1.54, 1.807) is 12.3 Å². The molecular formula is C21H32IN5O2S. The van der Waals surface area contributed by atoms with Crippen molar-refractivity contribution >= 4 is 45.6 Å². The summed E-state index contributed by atoms with van der Waals surface area (Å²) in [5.41, 5.74) is 1.73. The van der Waals surface area contributed by atoms with E-state index >= 15 is 0 Å². The Balaban J connectivity index is 0.00000450. The van der Waals surface area contributed by atoms with Crippen LogP contribution in [0.15, 0.2) is 52.5 Å². The maximum absolute atomic E-state index is 11.7. The molecule has 1 aromatic heterocycles. The summed E-state index contributed by atoms with van der Waals surface area (Å²) in [4.78, 5) is 9.21. The van der Waals surface area contributed by atoms with E-state index < -0.39 is 9.84 Å². The molecule has 9 heteroatoms. The first-order chi connectivity index (χ1) is 13.9. The molecule has 0 saturated heterocycles. The molecule has 0 aliphatic heterocycles. The van der Waals surface area contributed by atoms with Gasteiger partial charge in [0.15, 0.2) is 15.8 Å². The molecule has 0 saturated carbocycles. The van der Waals surface area contributed by atoms with Gasteiger partial charge in [-0.15, -0.1) is 24.0 Å². The number of hydrogen-bond acceptors (Lipinski definition) is 5. The van der Waals surface area contributed by atoms with Gasteiger partial charge in [0.2, 0.25) is 0 Å². The Labute approximate surface area is 197 Å². The fraction of sp³-hybridized carbons (Fsp3) is 0.429. The number of aryl methyl sites for hydroxylation is 1. The van der Waals surface area contributed by atoms with Crippen LogP contribution in [0.2, 0.25) is 0 Å². The van der Waals surface area contributed by atoms with Crippen molar-refractivity contribution in [2.24, 2.45) is 4.99 Å². The predicted octanol–water partition coefficient (Wildman–Crippen LogP) is 3.36. The third-order valence-electron chi connectivity index (χ3n) is 4.27. The summed E-state index contributed by atoms with van der Waals surface area (Å²) in [6.45, 7) is 6.80. The van der Waals surface area contributed by atoms with E-state index in [-0.39, 0.29) is 24.0 Å². The van der Waals surface area contributed by atoms with Crippen molar-refractivity contribution in [1.29, 1.82) is 0 Å². The molecule has 0 aliphatic carbocycles. The van der Waals surface area contributed by atoms with Crippen LogP contribution in [0.3, 0.4) is 0 Å². The summed E-state index contributed by atoms with van der Waals surface area (Å²) >= 11 is 0. The van der Waals surface area contributed by atoms with Crippen molar-refractivity contribution in [1.82, 2.24) is 15.6 Å². The highest BCUT2D eigenvalue weighted by molar-refractivity contribution is 14.0. The van der Waals surface area contributed by atoms with E-state index in [0.29, 0.717) is 11.4 Å². The molecule has 0 aliphatic rings. The van der Waals surface area contributed by atoms with E-state index in [9.17, 15) is 8.42 Å². The van der Waals surface area contributed by atoms with Gasteiger partial charge < -0.3 is 16.0 Å². The van der Waals surface area contributed by atoms with E-state index in [2.05, 4.69) is 25.9 Å². The van der Waals surface area contributed by atoms with Crippen molar-refractivity contribution < 1.29 is 8.42 Å². The molecule has 0 spiro atoms. The van der Waals surface area contributed by atoms with E-state index in [1.165, 1.54) is 6.26 Å². The smallest absolute Gasteiger partial charge is 0.191 e. The van der Waals surface area contributed by atoms with Crippen molar-refractivity contribution in [2.75, 3.05) is 31.2 Å². The number of nitrogens with one attached hydrogen (secondary N) is 3. The summed E-state index contributed by atoms with van der Waals surface area (Å²) in [5, 5.41) is 9.87. The molecule has 1 aromatic carbocycles. The fourth-order valence-corrected chi connectivity index (χ4v) is 3.84. The van der Waals surface area contributed by atoms with Gasteiger partial charge >= 0.3 is 0 Å². The zero-order chi connectivity index (χ0) is 21.1. The lowest BCUT2D eigenvalue weighted by atomic mass is 10.1. The number of benzene rings is 1. The third kappa shape index (κ3) is 9.29. The van der Waals surface area contributed by atoms with Gasteiger partial charge in [0.05, 0.1) is 11.4 Å². The molecule has 2 aromatic rings. The quantitative estimate of drug-likeness (QED) is 0.184. The van der Waals surface area contributed by atoms with Crippen LogP contribution in [0.5, 0.6) is 0 Å². The second-order valence-electron chi connectivity index (χ2n) is 6.84. The summed E-state index contributed by atoms with van der Waals surface area (Å²) < 4.78 is 23.5. The van der Waals surface area contributed by atoms with Crippen molar-refractivity contribution in [3.05, 3.63) is 53.7 Å². The van der Waals surface area contributed by atoms with Crippen LogP contribution in [0, 0.1) is 6.92 Å².